The molecule has 4 rings (SSSR count). The van der Waals surface area contributed by atoms with Crippen LogP contribution in [0, 0.1) is 11.6 Å². The Labute approximate surface area is 165 Å². The monoisotopic (exact) mass is 418 g/mol. The van der Waals surface area contributed by atoms with Crippen LogP contribution in [0.25, 0.3) is 22.0 Å². The third-order valence-corrected chi connectivity index (χ3v) is 4.39. The summed E-state index contributed by atoms with van der Waals surface area (Å²) in [5.74, 6) is -3.71. The SMILES string of the molecule is O=C(Nc1ncccc1C(F)(F)F)c1n[nH]c2ccc(-c3cccc(F)c3F)cc12. The molecule has 2 aromatic carbocycles. The van der Waals surface area contributed by atoms with Crippen LogP contribution in [-0.2, 0) is 6.18 Å². The van der Waals surface area contributed by atoms with E-state index in [-0.39, 0.29) is 22.2 Å². The molecule has 0 atom stereocenters. The summed E-state index contributed by atoms with van der Waals surface area (Å²) in [6.45, 7) is 0. The number of H-pyrrole nitrogens is 1. The Hall–Kier alpha value is -3.82. The summed E-state index contributed by atoms with van der Waals surface area (Å²) in [4.78, 5) is 16.2. The Balaban J connectivity index is 1.74. The predicted octanol–water partition coefficient (Wildman–Crippen LogP) is 5.17. The van der Waals surface area contributed by atoms with E-state index in [9.17, 15) is 26.7 Å². The molecule has 4 aromatic rings. The van der Waals surface area contributed by atoms with Gasteiger partial charge in [-0.25, -0.2) is 13.8 Å². The molecule has 30 heavy (non-hydrogen) atoms. The van der Waals surface area contributed by atoms with Gasteiger partial charge in [-0.15, -0.1) is 0 Å². The molecular weight excluding hydrogens is 407 g/mol. The summed E-state index contributed by atoms with van der Waals surface area (Å²) in [6.07, 6.45) is -3.61. The van der Waals surface area contributed by atoms with Crippen molar-refractivity contribution in [1.82, 2.24) is 15.2 Å². The molecule has 2 N–H and O–H groups in total. The van der Waals surface area contributed by atoms with E-state index < -0.39 is 35.1 Å². The van der Waals surface area contributed by atoms with Gasteiger partial charge in [-0.2, -0.15) is 18.3 Å². The van der Waals surface area contributed by atoms with E-state index in [2.05, 4.69) is 20.5 Å². The maximum absolute atomic E-state index is 14.1. The summed E-state index contributed by atoms with van der Waals surface area (Å²) < 4.78 is 67.0. The zero-order chi connectivity index (χ0) is 21.5. The van der Waals surface area contributed by atoms with Gasteiger partial charge in [-0.05, 0) is 35.9 Å². The van der Waals surface area contributed by atoms with Gasteiger partial charge in [0.05, 0.1) is 11.1 Å². The van der Waals surface area contributed by atoms with Crippen LogP contribution in [0.1, 0.15) is 16.1 Å². The van der Waals surface area contributed by atoms with Crippen molar-refractivity contribution in [3.05, 3.63) is 77.6 Å². The van der Waals surface area contributed by atoms with Gasteiger partial charge in [0.15, 0.2) is 17.3 Å². The number of benzene rings is 2. The largest absolute Gasteiger partial charge is 0.419 e. The number of hydrogen-bond acceptors (Lipinski definition) is 3. The number of pyridine rings is 1. The van der Waals surface area contributed by atoms with Crippen molar-refractivity contribution >= 4 is 22.6 Å². The number of anilines is 1. The van der Waals surface area contributed by atoms with Crippen molar-refractivity contribution in [2.75, 3.05) is 5.32 Å². The lowest BCUT2D eigenvalue weighted by molar-refractivity contribution is -0.137. The lowest BCUT2D eigenvalue weighted by Gasteiger charge is -2.11. The van der Waals surface area contributed by atoms with Gasteiger partial charge in [0, 0.05) is 17.1 Å². The average molecular weight is 418 g/mol. The second-order valence-electron chi connectivity index (χ2n) is 6.29. The van der Waals surface area contributed by atoms with Gasteiger partial charge in [0.25, 0.3) is 5.91 Å². The minimum absolute atomic E-state index is 0.0338. The number of alkyl halides is 3. The van der Waals surface area contributed by atoms with Gasteiger partial charge in [0.1, 0.15) is 5.82 Å². The Morgan fingerprint density at radius 1 is 1.03 bits per heavy atom. The van der Waals surface area contributed by atoms with E-state index in [1.54, 1.807) is 0 Å². The second kappa shape index (κ2) is 7.21. The highest BCUT2D eigenvalue weighted by atomic mass is 19.4. The number of nitrogens with one attached hydrogen (secondary N) is 2. The first-order valence-corrected chi connectivity index (χ1v) is 8.52. The molecule has 0 aliphatic heterocycles. The third-order valence-electron chi connectivity index (χ3n) is 4.39. The number of nitrogens with zero attached hydrogens (tertiary/aromatic N) is 2. The number of amides is 1. The van der Waals surface area contributed by atoms with E-state index in [4.69, 9.17) is 0 Å². The zero-order valence-corrected chi connectivity index (χ0v) is 14.9. The van der Waals surface area contributed by atoms with Gasteiger partial charge in [0.2, 0.25) is 0 Å². The molecule has 0 saturated heterocycles. The zero-order valence-electron chi connectivity index (χ0n) is 14.9. The third kappa shape index (κ3) is 3.47. The summed E-state index contributed by atoms with van der Waals surface area (Å²) in [5, 5.41) is 8.75. The fraction of sp³-hybridized carbons (Fsp3) is 0.0500. The molecular formula is C20H11F5N4O. The maximum Gasteiger partial charge on any atom is 0.419 e. The van der Waals surface area contributed by atoms with E-state index in [0.717, 1.165) is 24.4 Å². The minimum atomic E-state index is -4.72. The summed E-state index contributed by atoms with van der Waals surface area (Å²) in [5.41, 5.74) is -0.710. The molecule has 0 aliphatic carbocycles. The number of carbonyl (C=O) groups is 1. The van der Waals surface area contributed by atoms with Crippen molar-refractivity contribution in [1.29, 1.82) is 0 Å². The Morgan fingerprint density at radius 2 is 1.83 bits per heavy atom. The van der Waals surface area contributed by atoms with E-state index >= 15 is 0 Å². The smallest absolute Gasteiger partial charge is 0.305 e. The molecule has 0 aliphatic rings. The van der Waals surface area contributed by atoms with Gasteiger partial charge in [-0.3, -0.25) is 9.89 Å². The van der Waals surface area contributed by atoms with E-state index in [1.807, 2.05) is 0 Å². The predicted molar refractivity (Wildman–Crippen MR) is 98.6 cm³/mol. The van der Waals surface area contributed by atoms with Crippen LogP contribution < -0.4 is 5.32 Å². The highest BCUT2D eigenvalue weighted by molar-refractivity contribution is 6.11. The summed E-state index contributed by atoms with van der Waals surface area (Å²) >= 11 is 0. The summed E-state index contributed by atoms with van der Waals surface area (Å²) in [7, 11) is 0. The van der Waals surface area contributed by atoms with Gasteiger partial charge < -0.3 is 5.32 Å². The standard InChI is InChI=1S/C20H11F5N4O/c21-14-5-1-3-11(16(14)22)10-6-7-15-12(9-10)17(29-28-15)19(30)27-18-13(20(23,24)25)4-2-8-26-18/h1-9H,(H,28,29)(H,26,27,30). The fourth-order valence-electron chi connectivity index (χ4n) is 2.98. The lowest BCUT2D eigenvalue weighted by atomic mass is 10.0. The molecule has 1 amide bonds. The molecule has 0 spiro atoms. The van der Waals surface area contributed by atoms with Crippen LogP contribution in [0.3, 0.4) is 0 Å². The molecule has 0 radical (unpaired) electrons. The number of rotatable bonds is 3. The van der Waals surface area contributed by atoms with Crippen LogP contribution in [0.2, 0.25) is 0 Å². The molecule has 152 valence electrons. The molecule has 10 heteroatoms. The lowest BCUT2D eigenvalue weighted by Crippen LogP contribution is -2.18. The number of hydrogen-bond donors (Lipinski definition) is 2. The highest BCUT2D eigenvalue weighted by Crippen LogP contribution is 2.34. The first-order chi connectivity index (χ1) is 14.3. The van der Waals surface area contributed by atoms with Crippen molar-refractivity contribution in [2.24, 2.45) is 0 Å². The number of fused-ring (bicyclic) bond motifs is 1. The van der Waals surface area contributed by atoms with Crippen LogP contribution in [0.15, 0.2) is 54.7 Å². The van der Waals surface area contributed by atoms with Crippen LogP contribution in [0.5, 0.6) is 0 Å². The van der Waals surface area contributed by atoms with Crippen molar-refractivity contribution in [2.45, 2.75) is 6.18 Å². The number of aromatic nitrogens is 3. The number of halogens is 5. The molecule has 0 saturated carbocycles. The van der Waals surface area contributed by atoms with E-state index in [0.29, 0.717) is 5.52 Å². The van der Waals surface area contributed by atoms with Gasteiger partial charge >= 0.3 is 6.18 Å². The topological polar surface area (TPSA) is 70.7 Å². The van der Waals surface area contributed by atoms with Gasteiger partial charge in [-0.1, -0.05) is 18.2 Å². The maximum atomic E-state index is 14.1. The number of aromatic amines is 1. The first kappa shape index (κ1) is 19.5. The molecule has 0 bridgehead atoms. The average Bonchev–Trinajstić information content (AvgIpc) is 3.13. The Kier molecular flexibility index (Phi) is 4.69. The second-order valence-corrected chi connectivity index (χ2v) is 6.29. The number of carbonyl (C=O) groups excluding carboxylic acids is 1. The summed E-state index contributed by atoms with van der Waals surface area (Å²) in [6, 6.07) is 9.96. The quantitative estimate of drug-likeness (QED) is 0.451. The molecule has 0 fully saturated rings. The fourth-order valence-corrected chi connectivity index (χ4v) is 2.98. The van der Waals surface area contributed by atoms with Crippen molar-refractivity contribution < 1.29 is 26.7 Å². The van der Waals surface area contributed by atoms with Crippen molar-refractivity contribution in [3.63, 3.8) is 0 Å². The molecule has 2 heterocycles. The molecule has 0 unspecified atom stereocenters. The Bertz CT molecular complexity index is 1270. The minimum Gasteiger partial charge on any atom is -0.305 e. The van der Waals surface area contributed by atoms with Crippen molar-refractivity contribution in [3.8, 4) is 11.1 Å². The van der Waals surface area contributed by atoms with E-state index in [1.165, 1.54) is 30.3 Å². The normalized spacial score (nSPS) is 11.6. The molecule has 2 aromatic heterocycles. The highest BCUT2D eigenvalue weighted by Gasteiger charge is 2.34. The Morgan fingerprint density at radius 3 is 2.60 bits per heavy atom. The van der Waals surface area contributed by atoms with Crippen LogP contribution in [0.4, 0.5) is 27.8 Å². The molecule has 5 nitrogen and oxygen atoms in total. The van der Waals surface area contributed by atoms with Crippen LogP contribution >= 0.6 is 0 Å². The first-order valence-electron chi connectivity index (χ1n) is 8.52. The van der Waals surface area contributed by atoms with Crippen LogP contribution in [-0.4, -0.2) is 21.1 Å².